The summed E-state index contributed by atoms with van der Waals surface area (Å²) in [5.41, 5.74) is 1.85. The highest BCUT2D eigenvalue weighted by atomic mass is 16.5. The van der Waals surface area contributed by atoms with Crippen LogP contribution in [0.5, 0.6) is 11.5 Å². The van der Waals surface area contributed by atoms with Crippen LogP contribution in [0, 0.1) is 0 Å². The number of hydrogen-bond acceptors (Lipinski definition) is 3. The monoisotopic (exact) mass is 293 g/mol. The molecule has 3 heteroatoms. The minimum absolute atomic E-state index is 0.624. The Kier molecular flexibility index (Phi) is 4.15. The SMILES string of the molecule is CCOc1cc2ccccc2cc1Nc1ccccc1OC. The van der Waals surface area contributed by atoms with Crippen LogP contribution in [0.3, 0.4) is 0 Å². The maximum atomic E-state index is 5.79. The van der Waals surface area contributed by atoms with Crippen molar-refractivity contribution in [1.29, 1.82) is 0 Å². The molecule has 3 aromatic rings. The molecule has 0 saturated carbocycles. The highest BCUT2D eigenvalue weighted by molar-refractivity contribution is 5.90. The Balaban J connectivity index is 2.06. The van der Waals surface area contributed by atoms with Crippen LogP contribution in [0.4, 0.5) is 11.4 Å². The molecule has 0 aliphatic heterocycles. The van der Waals surface area contributed by atoms with Gasteiger partial charge in [-0.05, 0) is 42.0 Å². The number of methoxy groups -OCH3 is 1. The number of ether oxygens (including phenoxy) is 2. The molecule has 0 aromatic heterocycles. The van der Waals surface area contributed by atoms with Gasteiger partial charge in [-0.2, -0.15) is 0 Å². The third-order valence-electron chi connectivity index (χ3n) is 3.52. The Bertz CT molecular complexity index is 783. The van der Waals surface area contributed by atoms with Crippen molar-refractivity contribution in [2.75, 3.05) is 19.0 Å². The number of rotatable bonds is 5. The van der Waals surface area contributed by atoms with E-state index in [4.69, 9.17) is 9.47 Å². The number of anilines is 2. The fourth-order valence-corrected chi connectivity index (χ4v) is 2.49. The lowest BCUT2D eigenvalue weighted by molar-refractivity contribution is 0.342. The Labute approximate surface area is 130 Å². The zero-order valence-corrected chi connectivity index (χ0v) is 12.8. The van der Waals surface area contributed by atoms with E-state index in [2.05, 4.69) is 29.6 Å². The van der Waals surface area contributed by atoms with Gasteiger partial charge in [0, 0.05) is 0 Å². The smallest absolute Gasteiger partial charge is 0.143 e. The van der Waals surface area contributed by atoms with Gasteiger partial charge in [0.1, 0.15) is 11.5 Å². The van der Waals surface area contributed by atoms with Crippen molar-refractivity contribution in [1.82, 2.24) is 0 Å². The van der Waals surface area contributed by atoms with E-state index in [-0.39, 0.29) is 0 Å². The van der Waals surface area contributed by atoms with E-state index in [9.17, 15) is 0 Å². The highest BCUT2D eigenvalue weighted by Crippen LogP contribution is 2.35. The van der Waals surface area contributed by atoms with Crippen LogP contribution in [0.15, 0.2) is 60.7 Å². The third-order valence-corrected chi connectivity index (χ3v) is 3.52. The van der Waals surface area contributed by atoms with E-state index in [0.29, 0.717) is 6.61 Å². The summed E-state index contributed by atoms with van der Waals surface area (Å²) in [6.45, 7) is 2.61. The molecule has 0 heterocycles. The standard InChI is InChI=1S/C19H19NO2/c1-3-22-19-13-15-9-5-4-8-14(15)12-17(19)20-16-10-6-7-11-18(16)21-2/h4-13,20H,3H2,1-2H3. The number of fused-ring (bicyclic) bond motifs is 1. The summed E-state index contributed by atoms with van der Waals surface area (Å²) in [5.74, 6) is 1.64. The minimum Gasteiger partial charge on any atom is -0.495 e. The molecule has 0 saturated heterocycles. The maximum Gasteiger partial charge on any atom is 0.143 e. The van der Waals surface area contributed by atoms with Gasteiger partial charge in [0.2, 0.25) is 0 Å². The molecule has 3 rings (SSSR count). The quantitative estimate of drug-likeness (QED) is 0.718. The number of benzene rings is 3. The van der Waals surface area contributed by atoms with Crippen LogP contribution in [-0.2, 0) is 0 Å². The van der Waals surface area contributed by atoms with Crippen LogP contribution in [0.25, 0.3) is 10.8 Å². The van der Waals surface area contributed by atoms with E-state index < -0.39 is 0 Å². The van der Waals surface area contributed by atoms with Gasteiger partial charge in [-0.25, -0.2) is 0 Å². The number of nitrogens with one attached hydrogen (secondary N) is 1. The van der Waals surface area contributed by atoms with Crippen molar-refractivity contribution in [2.24, 2.45) is 0 Å². The molecule has 0 bridgehead atoms. The Morgan fingerprint density at radius 3 is 2.23 bits per heavy atom. The van der Waals surface area contributed by atoms with Gasteiger partial charge in [-0.1, -0.05) is 36.4 Å². The summed E-state index contributed by atoms with van der Waals surface area (Å²) >= 11 is 0. The van der Waals surface area contributed by atoms with Gasteiger partial charge < -0.3 is 14.8 Å². The molecule has 0 aliphatic carbocycles. The van der Waals surface area contributed by atoms with Gasteiger partial charge in [0.05, 0.1) is 25.1 Å². The van der Waals surface area contributed by atoms with Crippen LogP contribution >= 0.6 is 0 Å². The van der Waals surface area contributed by atoms with Gasteiger partial charge in [-0.3, -0.25) is 0 Å². The second-order valence-electron chi connectivity index (χ2n) is 4.95. The van der Waals surface area contributed by atoms with Gasteiger partial charge >= 0.3 is 0 Å². The van der Waals surface area contributed by atoms with Crippen molar-refractivity contribution in [3.8, 4) is 11.5 Å². The molecule has 0 radical (unpaired) electrons. The van der Waals surface area contributed by atoms with Gasteiger partial charge in [0.15, 0.2) is 0 Å². The number of para-hydroxylation sites is 2. The molecule has 0 amide bonds. The van der Waals surface area contributed by atoms with Crippen molar-refractivity contribution < 1.29 is 9.47 Å². The average molecular weight is 293 g/mol. The largest absolute Gasteiger partial charge is 0.495 e. The average Bonchev–Trinajstić information content (AvgIpc) is 2.56. The van der Waals surface area contributed by atoms with Crippen molar-refractivity contribution in [2.45, 2.75) is 6.92 Å². The van der Waals surface area contributed by atoms with Gasteiger partial charge in [0.25, 0.3) is 0 Å². The highest BCUT2D eigenvalue weighted by Gasteiger charge is 2.09. The van der Waals surface area contributed by atoms with E-state index in [1.165, 1.54) is 5.39 Å². The molecule has 0 atom stereocenters. The van der Waals surface area contributed by atoms with Crippen LogP contribution < -0.4 is 14.8 Å². The molecular formula is C19H19NO2. The lowest BCUT2D eigenvalue weighted by Gasteiger charge is -2.15. The Morgan fingerprint density at radius 1 is 0.818 bits per heavy atom. The summed E-state index contributed by atoms with van der Waals surface area (Å²) in [7, 11) is 1.67. The fourth-order valence-electron chi connectivity index (χ4n) is 2.49. The summed E-state index contributed by atoms with van der Waals surface area (Å²) in [6.07, 6.45) is 0. The zero-order valence-electron chi connectivity index (χ0n) is 12.8. The van der Waals surface area contributed by atoms with Crippen molar-refractivity contribution >= 4 is 22.1 Å². The second kappa shape index (κ2) is 6.39. The summed E-state index contributed by atoms with van der Waals surface area (Å²) < 4.78 is 11.2. The molecule has 112 valence electrons. The molecule has 3 nitrogen and oxygen atoms in total. The Hall–Kier alpha value is -2.68. The van der Waals surface area contributed by atoms with E-state index in [1.807, 2.05) is 43.3 Å². The fraction of sp³-hybridized carbons (Fsp3) is 0.158. The normalized spacial score (nSPS) is 10.5. The predicted molar refractivity (Wildman–Crippen MR) is 91.4 cm³/mol. The molecule has 0 aliphatic rings. The summed E-state index contributed by atoms with van der Waals surface area (Å²) in [5, 5.41) is 5.75. The molecule has 0 spiro atoms. The first kappa shape index (κ1) is 14.3. The summed E-state index contributed by atoms with van der Waals surface area (Å²) in [6, 6.07) is 20.3. The van der Waals surface area contributed by atoms with Crippen molar-refractivity contribution in [3.05, 3.63) is 60.7 Å². The molecule has 0 unspecified atom stereocenters. The van der Waals surface area contributed by atoms with Gasteiger partial charge in [-0.15, -0.1) is 0 Å². The molecule has 1 N–H and O–H groups in total. The molecule has 0 fully saturated rings. The number of hydrogen-bond donors (Lipinski definition) is 1. The second-order valence-corrected chi connectivity index (χ2v) is 4.95. The molecule has 22 heavy (non-hydrogen) atoms. The Morgan fingerprint density at radius 2 is 1.50 bits per heavy atom. The first-order valence-corrected chi connectivity index (χ1v) is 7.37. The van der Waals surface area contributed by atoms with Crippen LogP contribution in [0.1, 0.15) is 6.92 Å². The first-order chi connectivity index (χ1) is 10.8. The van der Waals surface area contributed by atoms with Crippen LogP contribution in [0.2, 0.25) is 0 Å². The molecule has 3 aromatic carbocycles. The lowest BCUT2D eigenvalue weighted by Crippen LogP contribution is -1.99. The maximum absolute atomic E-state index is 5.79. The minimum atomic E-state index is 0.624. The summed E-state index contributed by atoms with van der Waals surface area (Å²) in [4.78, 5) is 0. The van der Waals surface area contributed by atoms with Crippen molar-refractivity contribution in [3.63, 3.8) is 0 Å². The topological polar surface area (TPSA) is 30.5 Å². The van der Waals surface area contributed by atoms with Crippen LogP contribution in [-0.4, -0.2) is 13.7 Å². The zero-order chi connectivity index (χ0) is 15.4. The lowest BCUT2D eigenvalue weighted by atomic mass is 10.1. The predicted octanol–water partition coefficient (Wildman–Crippen LogP) is 4.99. The van der Waals surface area contributed by atoms with E-state index >= 15 is 0 Å². The van der Waals surface area contributed by atoms with E-state index in [1.54, 1.807) is 7.11 Å². The first-order valence-electron chi connectivity index (χ1n) is 7.37. The molecular weight excluding hydrogens is 274 g/mol. The third kappa shape index (κ3) is 2.84. The van der Waals surface area contributed by atoms with E-state index in [0.717, 1.165) is 28.3 Å².